The van der Waals surface area contributed by atoms with Crippen molar-refractivity contribution in [2.45, 2.75) is 64.0 Å². The van der Waals surface area contributed by atoms with Crippen LogP contribution < -0.4 is 15.4 Å². The number of carbonyl (C=O) groups is 1. The third-order valence-electron chi connectivity index (χ3n) is 8.75. The van der Waals surface area contributed by atoms with Gasteiger partial charge in [-0.2, -0.15) is 13.2 Å². The maximum Gasteiger partial charge on any atom is 0.417 e. The molecule has 1 spiro atoms. The van der Waals surface area contributed by atoms with E-state index in [1.54, 1.807) is 18.3 Å². The molecule has 2 saturated carbocycles. The van der Waals surface area contributed by atoms with Gasteiger partial charge in [-0.25, -0.2) is 4.98 Å². The molecule has 3 fully saturated rings. The van der Waals surface area contributed by atoms with Gasteiger partial charge >= 0.3 is 6.18 Å². The Morgan fingerprint density at radius 1 is 1.20 bits per heavy atom. The number of nitrogens with two attached hydrogens (primary N) is 1. The molecule has 0 unspecified atom stereocenters. The first-order chi connectivity index (χ1) is 19.2. The molecule has 10 heteroatoms. The van der Waals surface area contributed by atoms with Gasteiger partial charge < -0.3 is 19.9 Å². The molecule has 7 nitrogen and oxygen atoms in total. The number of alkyl halides is 3. The number of hydrogen-bond acceptors (Lipinski definition) is 6. The average molecular weight is 555 g/mol. The van der Waals surface area contributed by atoms with E-state index in [4.69, 9.17) is 15.0 Å². The van der Waals surface area contributed by atoms with Crippen molar-refractivity contribution in [1.29, 1.82) is 0 Å². The lowest BCUT2D eigenvalue weighted by Gasteiger charge is -2.53. The van der Waals surface area contributed by atoms with E-state index in [0.29, 0.717) is 30.4 Å². The highest BCUT2D eigenvalue weighted by Crippen LogP contribution is 2.56. The lowest BCUT2D eigenvalue weighted by atomic mass is 9.56. The third kappa shape index (κ3) is 5.04. The molecule has 0 atom stereocenters. The van der Waals surface area contributed by atoms with Gasteiger partial charge in [-0.1, -0.05) is 23.4 Å². The Morgan fingerprint density at radius 3 is 2.58 bits per heavy atom. The summed E-state index contributed by atoms with van der Waals surface area (Å²) in [6, 6.07) is 7.26. The number of halogens is 3. The van der Waals surface area contributed by atoms with Crippen LogP contribution >= 0.6 is 0 Å². The Hall–Kier alpha value is -3.56. The summed E-state index contributed by atoms with van der Waals surface area (Å²) in [5.74, 6) is 1.45. The second kappa shape index (κ2) is 10.1. The number of nitrogens with zero attached hydrogens (tertiary/aromatic N) is 3. The summed E-state index contributed by atoms with van der Waals surface area (Å²) >= 11 is 0. The Labute approximate surface area is 230 Å². The van der Waals surface area contributed by atoms with Crippen LogP contribution in [0.4, 0.5) is 18.9 Å². The lowest BCUT2D eigenvalue weighted by Crippen LogP contribution is -2.47. The fraction of sp³-hybridized carbons (Fsp3) is 0.500. The number of anilines is 1. The van der Waals surface area contributed by atoms with E-state index < -0.39 is 17.6 Å². The van der Waals surface area contributed by atoms with E-state index >= 15 is 0 Å². The number of carbonyl (C=O) groups excluding carboxylic acids is 1. The number of hydrogen-bond donors (Lipinski definition) is 1. The van der Waals surface area contributed by atoms with E-state index in [2.05, 4.69) is 15.0 Å². The van der Waals surface area contributed by atoms with Crippen LogP contribution in [-0.2, 0) is 12.6 Å². The molecule has 3 heterocycles. The van der Waals surface area contributed by atoms with Gasteiger partial charge in [0.25, 0.3) is 5.91 Å². The SMILES string of the molecule is CCOc1cc(C(N)=O)ncc1N1CCC2(CC1)CC(Cc1c(-c3ccccc3C(F)(F)F)noc1C1CC1)C2. The molecule has 3 aromatic rings. The number of pyridine rings is 1. The van der Waals surface area contributed by atoms with E-state index in [1.807, 2.05) is 6.92 Å². The Bertz CT molecular complexity index is 1400. The Morgan fingerprint density at radius 2 is 1.93 bits per heavy atom. The number of ether oxygens (including phenoxy) is 1. The van der Waals surface area contributed by atoms with Crippen molar-refractivity contribution >= 4 is 11.6 Å². The molecule has 3 aliphatic rings. The molecule has 0 radical (unpaired) electrons. The number of primary amides is 1. The average Bonchev–Trinajstić information content (AvgIpc) is 3.67. The number of aromatic nitrogens is 2. The first-order valence-electron chi connectivity index (χ1n) is 14.0. The zero-order chi connectivity index (χ0) is 28.1. The predicted octanol–water partition coefficient (Wildman–Crippen LogP) is 6.37. The quantitative estimate of drug-likeness (QED) is 0.348. The van der Waals surface area contributed by atoms with Gasteiger partial charge in [0, 0.05) is 36.2 Å². The molecule has 0 bridgehead atoms. The molecule has 2 aromatic heterocycles. The Balaban J connectivity index is 1.15. The van der Waals surface area contributed by atoms with Crippen molar-refractivity contribution < 1.29 is 27.2 Å². The van der Waals surface area contributed by atoms with Crippen molar-refractivity contribution in [2.24, 2.45) is 17.1 Å². The Kier molecular flexibility index (Phi) is 6.74. The summed E-state index contributed by atoms with van der Waals surface area (Å²) in [5.41, 5.74) is 7.31. The molecule has 2 N–H and O–H groups in total. The van der Waals surface area contributed by atoms with Crippen molar-refractivity contribution in [3.8, 4) is 17.0 Å². The summed E-state index contributed by atoms with van der Waals surface area (Å²) in [6.45, 7) is 4.05. The van der Waals surface area contributed by atoms with Crippen LogP contribution in [0, 0.1) is 11.3 Å². The molecule has 40 heavy (non-hydrogen) atoms. The molecule has 1 aliphatic heterocycles. The highest BCUT2D eigenvalue weighted by molar-refractivity contribution is 5.91. The van der Waals surface area contributed by atoms with E-state index in [-0.39, 0.29) is 22.6 Å². The van der Waals surface area contributed by atoms with E-state index in [1.165, 1.54) is 12.1 Å². The van der Waals surface area contributed by atoms with Crippen molar-refractivity contribution in [3.05, 3.63) is 59.1 Å². The zero-order valence-electron chi connectivity index (χ0n) is 22.5. The van der Waals surface area contributed by atoms with E-state index in [9.17, 15) is 18.0 Å². The first kappa shape index (κ1) is 26.7. The number of rotatable bonds is 8. The maximum absolute atomic E-state index is 13.8. The second-order valence-electron chi connectivity index (χ2n) is 11.5. The fourth-order valence-electron chi connectivity index (χ4n) is 6.64. The van der Waals surface area contributed by atoms with Crippen LogP contribution in [0.25, 0.3) is 11.3 Å². The van der Waals surface area contributed by atoms with Gasteiger partial charge in [0.05, 0.1) is 24.1 Å². The van der Waals surface area contributed by atoms with Crippen LogP contribution in [0.5, 0.6) is 5.75 Å². The van der Waals surface area contributed by atoms with Gasteiger partial charge in [0.2, 0.25) is 0 Å². The van der Waals surface area contributed by atoms with Crippen LogP contribution in [0.1, 0.15) is 78.7 Å². The second-order valence-corrected chi connectivity index (χ2v) is 11.5. The highest BCUT2D eigenvalue weighted by atomic mass is 19.4. The topological polar surface area (TPSA) is 94.5 Å². The van der Waals surface area contributed by atoms with Crippen LogP contribution in [0.3, 0.4) is 0 Å². The predicted molar refractivity (Wildman–Crippen MR) is 143 cm³/mol. The van der Waals surface area contributed by atoms with Crippen LogP contribution in [-0.4, -0.2) is 35.7 Å². The standard InChI is InChI=1S/C30H33F3N4O3/c1-2-39-25-14-23(28(34)38)35-17-24(25)37-11-9-29(10-12-37)15-18(16-29)13-21-26(36-40-27(21)19-7-8-19)20-5-3-4-6-22(20)30(31,32)33/h3-6,14,17-19H,2,7-13,15-16H2,1H3,(H2,34,38). The monoisotopic (exact) mass is 554 g/mol. The third-order valence-corrected chi connectivity index (χ3v) is 8.75. The van der Waals surface area contributed by atoms with Crippen molar-refractivity contribution in [3.63, 3.8) is 0 Å². The maximum atomic E-state index is 13.8. The van der Waals surface area contributed by atoms with Gasteiger partial charge in [-0.3, -0.25) is 4.79 Å². The zero-order valence-corrected chi connectivity index (χ0v) is 22.5. The highest BCUT2D eigenvalue weighted by Gasteiger charge is 2.47. The van der Waals surface area contributed by atoms with E-state index in [0.717, 1.165) is 74.7 Å². The van der Waals surface area contributed by atoms with Gasteiger partial charge in [-0.05, 0) is 69.3 Å². The summed E-state index contributed by atoms with van der Waals surface area (Å²) in [5, 5.41) is 4.19. The van der Waals surface area contributed by atoms with Crippen molar-refractivity contribution in [1.82, 2.24) is 10.1 Å². The minimum atomic E-state index is -4.46. The molecule has 6 rings (SSSR count). The molecule has 1 saturated heterocycles. The molecule has 1 aromatic carbocycles. The van der Waals surface area contributed by atoms with Gasteiger partial charge in [-0.15, -0.1) is 0 Å². The fourth-order valence-corrected chi connectivity index (χ4v) is 6.64. The summed E-state index contributed by atoms with van der Waals surface area (Å²) in [7, 11) is 0. The van der Waals surface area contributed by atoms with Gasteiger partial charge in [0.15, 0.2) is 0 Å². The molecule has 1 amide bonds. The lowest BCUT2D eigenvalue weighted by molar-refractivity contribution is -0.137. The van der Waals surface area contributed by atoms with Gasteiger partial charge in [0.1, 0.15) is 22.9 Å². The molecular formula is C30H33F3N4O3. The van der Waals surface area contributed by atoms with Crippen molar-refractivity contribution in [2.75, 3.05) is 24.6 Å². The number of amides is 1. The molecule has 212 valence electrons. The summed E-state index contributed by atoms with van der Waals surface area (Å²) in [4.78, 5) is 18.0. The molecular weight excluding hydrogens is 521 g/mol. The first-order valence-corrected chi connectivity index (χ1v) is 14.0. The number of benzene rings is 1. The smallest absolute Gasteiger partial charge is 0.417 e. The summed E-state index contributed by atoms with van der Waals surface area (Å²) < 4.78 is 52.9. The minimum Gasteiger partial charge on any atom is -0.492 e. The van der Waals surface area contributed by atoms with Crippen LogP contribution in [0.2, 0.25) is 0 Å². The minimum absolute atomic E-state index is 0.101. The van der Waals surface area contributed by atoms with Crippen LogP contribution in [0.15, 0.2) is 41.1 Å². The summed E-state index contributed by atoms with van der Waals surface area (Å²) in [6.07, 6.45) is 3.97. The largest absolute Gasteiger partial charge is 0.492 e. The molecule has 2 aliphatic carbocycles. The number of piperidine rings is 1. The normalized spacial score (nSPS) is 19.1.